The van der Waals surface area contributed by atoms with E-state index in [0.717, 1.165) is 0 Å². The Bertz CT molecular complexity index is 573. The van der Waals surface area contributed by atoms with Gasteiger partial charge in [0, 0.05) is 12.6 Å². The lowest BCUT2D eigenvalue weighted by Crippen LogP contribution is -2.41. The van der Waals surface area contributed by atoms with Crippen molar-refractivity contribution in [2.45, 2.75) is 56.3 Å². The number of sulfonamides is 1. The second-order valence-corrected chi connectivity index (χ2v) is 7.23. The molecule has 1 aliphatic rings. The maximum absolute atomic E-state index is 12.4. The molecule has 1 aliphatic heterocycles. The maximum Gasteiger partial charge on any atom is 0.240 e. The zero-order valence-corrected chi connectivity index (χ0v) is 13.3. The molecular formula is C15H23NO4S. The van der Waals surface area contributed by atoms with Crippen molar-refractivity contribution in [1.82, 2.24) is 4.72 Å². The molecule has 0 aromatic heterocycles. The van der Waals surface area contributed by atoms with E-state index in [2.05, 4.69) is 4.72 Å². The quantitative estimate of drug-likeness (QED) is 0.871. The predicted octanol–water partition coefficient (Wildman–Crippen LogP) is 1.98. The normalized spacial score (nSPS) is 24.7. The van der Waals surface area contributed by atoms with Crippen molar-refractivity contribution in [3.63, 3.8) is 0 Å². The van der Waals surface area contributed by atoms with Crippen LogP contribution in [0.1, 0.15) is 44.8 Å². The van der Waals surface area contributed by atoms with Gasteiger partial charge in [0.25, 0.3) is 0 Å². The summed E-state index contributed by atoms with van der Waals surface area (Å²) >= 11 is 0. The summed E-state index contributed by atoms with van der Waals surface area (Å²) in [4.78, 5) is 0.201. The van der Waals surface area contributed by atoms with E-state index in [9.17, 15) is 13.5 Å². The third kappa shape index (κ3) is 4.26. The summed E-state index contributed by atoms with van der Waals surface area (Å²) in [6.07, 6.45) is 1.34. The van der Waals surface area contributed by atoms with Gasteiger partial charge >= 0.3 is 0 Å². The molecule has 0 spiro atoms. The second kappa shape index (κ2) is 6.87. The van der Waals surface area contributed by atoms with Crippen molar-refractivity contribution in [2.75, 3.05) is 6.61 Å². The van der Waals surface area contributed by atoms with Crippen LogP contribution in [0.15, 0.2) is 29.2 Å². The smallest absolute Gasteiger partial charge is 0.240 e. The lowest BCUT2D eigenvalue weighted by atomic mass is 10.1. The van der Waals surface area contributed by atoms with Crippen LogP contribution < -0.4 is 4.72 Å². The third-order valence-corrected chi connectivity index (χ3v) is 5.26. The van der Waals surface area contributed by atoms with Gasteiger partial charge in [-0.15, -0.1) is 0 Å². The van der Waals surface area contributed by atoms with Crippen molar-refractivity contribution in [3.05, 3.63) is 29.8 Å². The third-order valence-electron chi connectivity index (χ3n) is 3.75. The first kappa shape index (κ1) is 16.4. The zero-order valence-electron chi connectivity index (χ0n) is 12.5. The van der Waals surface area contributed by atoms with Crippen LogP contribution >= 0.6 is 0 Å². The summed E-state index contributed by atoms with van der Waals surface area (Å²) in [6.45, 7) is 4.37. The first-order valence-electron chi connectivity index (χ1n) is 7.34. The van der Waals surface area contributed by atoms with Crippen molar-refractivity contribution < 1.29 is 18.3 Å². The molecule has 1 heterocycles. The van der Waals surface area contributed by atoms with E-state index in [1.54, 1.807) is 24.3 Å². The van der Waals surface area contributed by atoms with E-state index in [4.69, 9.17) is 4.74 Å². The summed E-state index contributed by atoms with van der Waals surface area (Å²) < 4.78 is 33.0. The van der Waals surface area contributed by atoms with Crippen LogP contribution in [-0.4, -0.2) is 32.3 Å². The molecule has 0 radical (unpaired) electrons. The summed E-state index contributed by atoms with van der Waals surface area (Å²) in [5, 5.41) is 9.84. The first-order chi connectivity index (χ1) is 9.92. The lowest BCUT2D eigenvalue weighted by molar-refractivity contribution is 0.0173. The molecule has 2 rings (SSSR count). The second-order valence-electron chi connectivity index (χ2n) is 5.52. The van der Waals surface area contributed by atoms with Gasteiger partial charge in [-0.1, -0.05) is 19.1 Å². The summed E-state index contributed by atoms with van der Waals surface area (Å²) in [5.41, 5.74) is 0.626. The van der Waals surface area contributed by atoms with Crippen molar-refractivity contribution in [3.8, 4) is 0 Å². The van der Waals surface area contributed by atoms with Crippen LogP contribution in [0.3, 0.4) is 0 Å². The Morgan fingerprint density at radius 1 is 1.48 bits per heavy atom. The average molecular weight is 313 g/mol. The van der Waals surface area contributed by atoms with E-state index in [1.165, 1.54) is 0 Å². The lowest BCUT2D eigenvalue weighted by Gasteiger charge is -2.27. The van der Waals surface area contributed by atoms with E-state index in [-0.39, 0.29) is 17.0 Å². The molecule has 2 N–H and O–H groups in total. The molecule has 0 amide bonds. The minimum Gasteiger partial charge on any atom is -0.388 e. The molecule has 1 fully saturated rings. The Labute approximate surface area is 126 Å². The Balaban J connectivity index is 2.15. The Morgan fingerprint density at radius 2 is 2.24 bits per heavy atom. The minimum absolute atomic E-state index is 0.0692. The molecule has 21 heavy (non-hydrogen) atoms. The fourth-order valence-electron chi connectivity index (χ4n) is 2.52. The Morgan fingerprint density at radius 3 is 2.90 bits per heavy atom. The van der Waals surface area contributed by atoms with Crippen LogP contribution in [-0.2, 0) is 14.8 Å². The number of nitrogens with one attached hydrogen (secondary N) is 1. The van der Waals surface area contributed by atoms with E-state index in [0.29, 0.717) is 31.4 Å². The van der Waals surface area contributed by atoms with Crippen LogP contribution in [0.25, 0.3) is 0 Å². The average Bonchev–Trinajstić information content (AvgIpc) is 2.46. The molecule has 6 heteroatoms. The Kier molecular flexibility index (Phi) is 5.37. The van der Waals surface area contributed by atoms with Gasteiger partial charge in [0.15, 0.2) is 0 Å². The largest absolute Gasteiger partial charge is 0.388 e. The molecule has 0 bridgehead atoms. The highest BCUT2D eigenvalue weighted by molar-refractivity contribution is 7.89. The van der Waals surface area contributed by atoms with Gasteiger partial charge in [-0.3, -0.25) is 0 Å². The van der Waals surface area contributed by atoms with Gasteiger partial charge in [0.2, 0.25) is 10.0 Å². The summed E-state index contributed by atoms with van der Waals surface area (Å²) in [6, 6.07) is 6.40. The highest BCUT2D eigenvalue weighted by Crippen LogP contribution is 2.21. The zero-order chi connectivity index (χ0) is 15.5. The van der Waals surface area contributed by atoms with Crippen molar-refractivity contribution in [2.24, 2.45) is 0 Å². The number of aliphatic hydroxyl groups is 1. The van der Waals surface area contributed by atoms with Crippen LogP contribution in [0.4, 0.5) is 0 Å². The van der Waals surface area contributed by atoms with E-state index in [1.807, 2.05) is 13.8 Å². The molecule has 5 nitrogen and oxygen atoms in total. The standard InChI is InChI=1S/C15H23NO4S/c1-3-15(17)12-5-4-6-14(10-12)21(18,19)16-13-7-8-20-11(2)9-13/h4-6,10-11,13,15-17H,3,7-9H2,1-2H3. The summed E-state index contributed by atoms with van der Waals surface area (Å²) in [7, 11) is -3.56. The molecule has 0 aliphatic carbocycles. The monoisotopic (exact) mass is 313 g/mol. The molecule has 118 valence electrons. The Hall–Kier alpha value is -0.950. The molecule has 3 unspecified atom stereocenters. The maximum atomic E-state index is 12.4. The van der Waals surface area contributed by atoms with Crippen molar-refractivity contribution in [1.29, 1.82) is 0 Å². The summed E-state index contributed by atoms with van der Waals surface area (Å²) in [5.74, 6) is 0. The van der Waals surface area contributed by atoms with E-state index < -0.39 is 16.1 Å². The van der Waals surface area contributed by atoms with Gasteiger partial charge in [-0.2, -0.15) is 0 Å². The molecule has 1 aromatic carbocycles. The topological polar surface area (TPSA) is 75.6 Å². The number of hydrogen-bond donors (Lipinski definition) is 2. The molecular weight excluding hydrogens is 290 g/mol. The minimum atomic E-state index is -3.56. The molecule has 1 saturated heterocycles. The number of aliphatic hydroxyl groups excluding tert-OH is 1. The van der Waals surface area contributed by atoms with E-state index >= 15 is 0 Å². The van der Waals surface area contributed by atoms with Gasteiger partial charge in [-0.05, 0) is 43.9 Å². The molecule has 3 atom stereocenters. The molecule has 0 saturated carbocycles. The van der Waals surface area contributed by atoms with Gasteiger partial charge < -0.3 is 9.84 Å². The van der Waals surface area contributed by atoms with Gasteiger partial charge in [0.1, 0.15) is 0 Å². The molecule has 1 aromatic rings. The number of rotatable bonds is 5. The first-order valence-corrected chi connectivity index (χ1v) is 8.82. The fraction of sp³-hybridized carbons (Fsp3) is 0.600. The highest BCUT2D eigenvalue weighted by atomic mass is 32.2. The fourth-order valence-corrected chi connectivity index (χ4v) is 3.86. The number of ether oxygens (including phenoxy) is 1. The van der Waals surface area contributed by atoms with Gasteiger partial charge in [0.05, 0.1) is 17.1 Å². The van der Waals surface area contributed by atoms with Gasteiger partial charge in [-0.25, -0.2) is 13.1 Å². The highest BCUT2D eigenvalue weighted by Gasteiger charge is 2.25. The van der Waals surface area contributed by atoms with Crippen molar-refractivity contribution >= 4 is 10.0 Å². The SMILES string of the molecule is CCC(O)c1cccc(S(=O)(=O)NC2CCOC(C)C2)c1. The van der Waals surface area contributed by atoms with Crippen LogP contribution in [0, 0.1) is 0 Å². The number of benzene rings is 1. The van der Waals surface area contributed by atoms with Crippen LogP contribution in [0.2, 0.25) is 0 Å². The predicted molar refractivity (Wildman–Crippen MR) is 80.5 cm³/mol. The number of hydrogen-bond acceptors (Lipinski definition) is 4. The van der Waals surface area contributed by atoms with Crippen LogP contribution in [0.5, 0.6) is 0 Å².